The number of sulfonamides is 1. The van der Waals surface area contributed by atoms with Crippen LogP contribution < -0.4 is 14.2 Å². The lowest BCUT2D eigenvalue weighted by Crippen LogP contribution is -2.46. The quantitative estimate of drug-likeness (QED) is 0.824. The van der Waals surface area contributed by atoms with Gasteiger partial charge in [-0.2, -0.15) is 0 Å². The highest BCUT2D eigenvalue weighted by Gasteiger charge is 2.32. The Bertz CT molecular complexity index is 551. The van der Waals surface area contributed by atoms with Crippen LogP contribution in [0.1, 0.15) is 12.8 Å². The summed E-state index contributed by atoms with van der Waals surface area (Å²) >= 11 is 0. The molecule has 0 spiro atoms. The van der Waals surface area contributed by atoms with Crippen molar-refractivity contribution in [3.63, 3.8) is 0 Å². The van der Waals surface area contributed by atoms with Crippen molar-refractivity contribution in [2.24, 2.45) is 0 Å². The topological polar surface area (TPSA) is 84.9 Å². The van der Waals surface area contributed by atoms with Crippen LogP contribution in [0, 0.1) is 0 Å². The van der Waals surface area contributed by atoms with Crippen LogP contribution in [0.4, 0.5) is 0 Å². The van der Waals surface area contributed by atoms with Crippen LogP contribution in [0.5, 0.6) is 11.5 Å². The maximum absolute atomic E-state index is 12.3. The number of methoxy groups -OCH3 is 2. The molecule has 19 heavy (non-hydrogen) atoms. The molecule has 0 heterocycles. The van der Waals surface area contributed by atoms with Gasteiger partial charge < -0.3 is 14.6 Å². The fourth-order valence-electron chi connectivity index (χ4n) is 1.96. The second-order valence-electron chi connectivity index (χ2n) is 4.46. The molecule has 1 saturated carbocycles. The van der Waals surface area contributed by atoms with Gasteiger partial charge in [-0.05, 0) is 25.0 Å². The smallest absolute Gasteiger partial charge is 0.244 e. The van der Waals surface area contributed by atoms with Gasteiger partial charge in [-0.1, -0.05) is 0 Å². The molecule has 106 valence electrons. The third-order valence-corrected chi connectivity index (χ3v) is 4.64. The largest absolute Gasteiger partial charge is 0.497 e. The zero-order chi connectivity index (χ0) is 14.0. The van der Waals surface area contributed by atoms with Crippen LogP contribution in [-0.2, 0) is 10.0 Å². The van der Waals surface area contributed by atoms with E-state index in [1.807, 2.05) is 0 Å². The van der Waals surface area contributed by atoms with Gasteiger partial charge in [-0.3, -0.25) is 0 Å². The van der Waals surface area contributed by atoms with Crippen LogP contribution >= 0.6 is 0 Å². The summed E-state index contributed by atoms with van der Waals surface area (Å²) in [5.74, 6) is 0.697. The lowest BCUT2D eigenvalue weighted by atomic mass is 9.91. The SMILES string of the molecule is COc1ccc(OC)c(S(=O)(=O)NC2CC(O)C2)c1. The number of benzene rings is 1. The van der Waals surface area contributed by atoms with Crippen molar-refractivity contribution in [1.82, 2.24) is 4.72 Å². The van der Waals surface area contributed by atoms with Crippen LogP contribution in [0.3, 0.4) is 0 Å². The van der Waals surface area contributed by atoms with Crippen molar-refractivity contribution in [3.8, 4) is 11.5 Å². The van der Waals surface area contributed by atoms with Crippen molar-refractivity contribution in [1.29, 1.82) is 0 Å². The molecule has 1 aliphatic rings. The van der Waals surface area contributed by atoms with Crippen molar-refractivity contribution in [3.05, 3.63) is 18.2 Å². The first kappa shape index (κ1) is 14.1. The van der Waals surface area contributed by atoms with E-state index in [1.54, 1.807) is 12.1 Å². The second kappa shape index (κ2) is 5.36. The molecule has 0 bridgehead atoms. The molecule has 1 fully saturated rings. The lowest BCUT2D eigenvalue weighted by molar-refractivity contribution is 0.0712. The molecule has 1 aromatic rings. The molecule has 0 atom stereocenters. The number of aliphatic hydroxyl groups excluding tert-OH is 1. The highest BCUT2D eigenvalue weighted by atomic mass is 32.2. The lowest BCUT2D eigenvalue weighted by Gasteiger charge is -2.31. The molecule has 1 aliphatic carbocycles. The minimum atomic E-state index is -3.69. The Morgan fingerprint density at radius 1 is 1.26 bits per heavy atom. The zero-order valence-corrected chi connectivity index (χ0v) is 11.6. The van der Waals surface area contributed by atoms with Crippen LogP contribution in [-0.4, -0.2) is 39.9 Å². The van der Waals surface area contributed by atoms with E-state index < -0.39 is 16.1 Å². The second-order valence-corrected chi connectivity index (χ2v) is 6.14. The van der Waals surface area contributed by atoms with E-state index in [2.05, 4.69) is 4.72 Å². The van der Waals surface area contributed by atoms with E-state index in [4.69, 9.17) is 9.47 Å². The van der Waals surface area contributed by atoms with Gasteiger partial charge in [-0.25, -0.2) is 13.1 Å². The van der Waals surface area contributed by atoms with E-state index in [9.17, 15) is 13.5 Å². The van der Waals surface area contributed by atoms with Crippen molar-refractivity contribution in [2.45, 2.75) is 29.9 Å². The molecular formula is C12H17NO5S. The van der Waals surface area contributed by atoms with Crippen LogP contribution in [0.2, 0.25) is 0 Å². The fourth-order valence-corrected chi connectivity index (χ4v) is 3.41. The monoisotopic (exact) mass is 287 g/mol. The number of hydrogen-bond donors (Lipinski definition) is 2. The summed E-state index contributed by atoms with van der Waals surface area (Å²) in [5.41, 5.74) is 0. The molecule has 0 unspecified atom stereocenters. The first-order valence-corrected chi connectivity index (χ1v) is 7.37. The van der Waals surface area contributed by atoms with Gasteiger partial charge in [0.15, 0.2) is 0 Å². The highest BCUT2D eigenvalue weighted by molar-refractivity contribution is 7.89. The number of rotatable bonds is 5. The number of hydrogen-bond acceptors (Lipinski definition) is 5. The molecule has 7 heteroatoms. The zero-order valence-electron chi connectivity index (χ0n) is 10.8. The Hall–Kier alpha value is -1.31. The summed E-state index contributed by atoms with van der Waals surface area (Å²) in [4.78, 5) is 0.0377. The van der Waals surface area contributed by atoms with E-state index in [-0.39, 0.29) is 16.7 Å². The highest BCUT2D eigenvalue weighted by Crippen LogP contribution is 2.29. The molecule has 0 aliphatic heterocycles. The third kappa shape index (κ3) is 2.99. The summed E-state index contributed by atoms with van der Waals surface area (Å²) in [6.45, 7) is 0. The maximum atomic E-state index is 12.3. The van der Waals surface area contributed by atoms with E-state index in [0.717, 1.165) is 0 Å². The van der Waals surface area contributed by atoms with E-state index >= 15 is 0 Å². The minimum absolute atomic E-state index is 0.0377. The standard InChI is InChI=1S/C12H17NO5S/c1-17-10-3-4-11(18-2)12(7-10)19(15,16)13-8-5-9(14)6-8/h3-4,7-9,13-14H,5-6H2,1-2H3. The van der Waals surface area contributed by atoms with Crippen molar-refractivity contribution in [2.75, 3.05) is 14.2 Å². The Kier molecular flexibility index (Phi) is 3.98. The number of aliphatic hydroxyl groups is 1. The van der Waals surface area contributed by atoms with Gasteiger partial charge in [0.2, 0.25) is 10.0 Å². The van der Waals surface area contributed by atoms with E-state index in [1.165, 1.54) is 20.3 Å². The van der Waals surface area contributed by atoms with Crippen molar-refractivity contribution >= 4 is 10.0 Å². The average Bonchev–Trinajstić information content (AvgIpc) is 2.36. The summed E-state index contributed by atoms with van der Waals surface area (Å²) < 4.78 is 37.2. The van der Waals surface area contributed by atoms with Gasteiger partial charge in [0.1, 0.15) is 16.4 Å². The van der Waals surface area contributed by atoms with Gasteiger partial charge in [-0.15, -0.1) is 0 Å². The van der Waals surface area contributed by atoms with Gasteiger partial charge in [0, 0.05) is 12.1 Å². The number of nitrogens with one attached hydrogen (secondary N) is 1. The van der Waals surface area contributed by atoms with Gasteiger partial charge in [0.05, 0.1) is 20.3 Å². The molecule has 0 saturated heterocycles. The number of ether oxygens (including phenoxy) is 2. The molecule has 2 rings (SSSR count). The third-order valence-electron chi connectivity index (χ3n) is 3.10. The average molecular weight is 287 g/mol. The summed E-state index contributed by atoms with van der Waals surface area (Å²) in [6.07, 6.45) is 0.455. The van der Waals surface area contributed by atoms with Crippen LogP contribution in [0.25, 0.3) is 0 Å². The first-order valence-electron chi connectivity index (χ1n) is 5.88. The predicted octanol–water partition coefficient (Wildman–Crippen LogP) is 0.505. The molecule has 0 aromatic heterocycles. The Labute approximate surface area is 112 Å². The van der Waals surface area contributed by atoms with Gasteiger partial charge >= 0.3 is 0 Å². The Morgan fingerprint density at radius 3 is 2.47 bits per heavy atom. The van der Waals surface area contributed by atoms with E-state index in [0.29, 0.717) is 18.6 Å². The van der Waals surface area contributed by atoms with Gasteiger partial charge in [0.25, 0.3) is 0 Å². The van der Waals surface area contributed by atoms with Crippen LogP contribution in [0.15, 0.2) is 23.1 Å². The Morgan fingerprint density at radius 2 is 1.95 bits per heavy atom. The molecule has 2 N–H and O–H groups in total. The predicted molar refractivity (Wildman–Crippen MR) is 68.9 cm³/mol. The molecule has 6 nitrogen and oxygen atoms in total. The molecule has 0 amide bonds. The molecule has 1 aromatic carbocycles. The maximum Gasteiger partial charge on any atom is 0.244 e. The summed E-state index contributed by atoms with van der Waals surface area (Å²) in [6, 6.07) is 4.36. The minimum Gasteiger partial charge on any atom is -0.497 e. The molecule has 0 radical (unpaired) electrons. The summed E-state index contributed by atoms with van der Waals surface area (Å²) in [7, 11) is -0.808. The summed E-state index contributed by atoms with van der Waals surface area (Å²) in [5, 5.41) is 9.19. The van der Waals surface area contributed by atoms with Crippen molar-refractivity contribution < 1.29 is 23.0 Å². The molecular weight excluding hydrogens is 270 g/mol. The fraction of sp³-hybridized carbons (Fsp3) is 0.500. The Balaban J connectivity index is 2.27. The normalized spacial score (nSPS) is 22.7. The first-order chi connectivity index (χ1) is 8.96.